The third kappa shape index (κ3) is 3.71. The van der Waals surface area contributed by atoms with E-state index in [9.17, 15) is 9.59 Å². The Morgan fingerprint density at radius 3 is 2.52 bits per heavy atom. The van der Waals surface area contributed by atoms with E-state index < -0.39 is 5.91 Å². The van der Waals surface area contributed by atoms with Crippen molar-refractivity contribution < 1.29 is 9.59 Å². The molecule has 3 N–H and O–H groups in total. The molecule has 0 atom stereocenters. The molecule has 1 aromatic heterocycles. The predicted molar refractivity (Wildman–Crippen MR) is 94.6 cm³/mol. The number of likely N-dealkylation sites (tertiary alicyclic amines) is 1. The second-order valence-electron chi connectivity index (χ2n) is 6.32. The van der Waals surface area contributed by atoms with Crippen LogP contribution in [0.2, 0.25) is 0 Å². The fourth-order valence-electron chi connectivity index (χ4n) is 3.22. The fourth-order valence-corrected chi connectivity index (χ4v) is 3.22. The Balaban J connectivity index is 1.81. The van der Waals surface area contributed by atoms with Crippen molar-refractivity contribution >= 4 is 11.8 Å². The molecule has 25 heavy (non-hydrogen) atoms. The molecule has 2 heterocycles. The van der Waals surface area contributed by atoms with Crippen LogP contribution in [0.1, 0.15) is 33.8 Å². The summed E-state index contributed by atoms with van der Waals surface area (Å²) < 4.78 is 1.43. The molecule has 2 amide bonds. The van der Waals surface area contributed by atoms with Gasteiger partial charge in [0.15, 0.2) is 5.69 Å². The number of nitrogens with one attached hydrogen (secondary N) is 1. The second kappa shape index (κ2) is 7.48. The zero-order chi connectivity index (χ0) is 17.8. The van der Waals surface area contributed by atoms with Crippen LogP contribution in [0.3, 0.4) is 0 Å². The van der Waals surface area contributed by atoms with Gasteiger partial charge >= 0.3 is 0 Å². The Morgan fingerprint density at radius 2 is 1.92 bits per heavy atom. The topological polar surface area (TPSA) is 93.3 Å². The zero-order valence-electron chi connectivity index (χ0n) is 14.3. The van der Waals surface area contributed by atoms with E-state index >= 15 is 0 Å². The van der Waals surface area contributed by atoms with E-state index in [0.29, 0.717) is 24.7 Å². The number of primary amides is 1. The summed E-state index contributed by atoms with van der Waals surface area (Å²) in [6, 6.07) is 10.7. The first-order valence-electron chi connectivity index (χ1n) is 8.49. The van der Waals surface area contributed by atoms with Gasteiger partial charge in [0.2, 0.25) is 0 Å². The SMILES string of the molecule is CNCC1CCN(C(=O)c2cc(C(N)=O)n(-c3ccccc3)n2)CC1. The Hall–Kier alpha value is -2.67. The maximum atomic E-state index is 12.8. The molecule has 132 valence electrons. The van der Waals surface area contributed by atoms with Gasteiger partial charge in [-0.2, -0.15) is 5.10 Å². The van der Waals surface area contributed by atoms with Gasteiger partial charge in [-0.1, -0.05) is 18.2 Å². The van der Waals surface area contributed by atoms with Crippen LogP contribution in [0, 0.1) is 5.92 Å². The number of aromatic nitrogens is 2. The molecule has 0 radical (unpaired) electrons. The van der Waals surface area contributed by atoms with Gasteiger partial charge in [0.05, 0.1) is 5.69 Å². The molecule has 1 fully saturated rings. The number of carbonyl (C=O) groups excluding carboxylic acids is 2. The van der Waals surface area contributed by atoms with E-state index in [1.807, 2.05) is 37.4 Å². The van der Waals surface area contributed by atoms with E-state index in [0.717, 1.165) is 19.4 Å². The summed E-state index contributed by atoms with van der Waals surface area (Å²) in [5.41, 5.74) is 6.62. The lowest BCUT2D eigenvalue weighted by Crippen LogP contribution is -2.40. The Morgan fingerprint density at radius 1 is 1.24 bits per heavy atom. The molecule has 1 saturated heterocycles. The van der Waals surface area contributed by atoms with Crippen molar-refractivity contribution in [2.24, 2.45) is 11.7 Å². The van der Waals surface area contributed by atoms with Crippen LogP contribution < -0.4 is 11.1 Å². The molecule has 0 aliphatic carbocycles. The summed E-state index contributed by atoms with van der Waals surface area (Å²) in [7, 11) is 1.94. The number of carbonyl (C=O) groups is 2. The third-order valence-electron chi connectivity index (χ3n) is 4.58. The van der Waals surface area contributed by atoms with Crippen LogP contribution in [0.5, 0.6) is 0 Å². The van der Waals surface area contributed by atoms with Crippen molar-refractivity contribution in [1.82, 2.24) is 20.0 Å². The van der Waals surface area contributed by atoms with Gasteiger partial charge in [0, 0.05) is 19.2 Å². The smallest absolute Gasteiger partial charge is 0.274 e. The molecule has 7 nitrogen and oxygen atoms in total. The van der Waals surface area contributed by atoms with Gasteiger partial charge in [-0.15, -0.1) is 0 Å². The number of hydrogen-bond donors (Lipinski definition) is 2. The molecular weight excluding hydrogens is 318 g/mol. The molecule has 1 aromatic carbocycles. The maximum absolute atomic E-state index is 12.8. The van der Waals surface area contributed by atoms with Crippen LogP contribution >= 0.6 is 0 Å². The lowest BCUT2D eigenvalue weighted by Gasteiger charge is -2.31. The average molecular weight is 341 g/mol. The highest BCUT2D eigenvalue weighted by molar-refractivity contribution is 5.97. The van der Waals surface area contributed by atoms with Crippen molar-refractivity contribution in [3.05, 3.63) is 47.8 Å². The minimum atomic E-state index is -0.608. The highest BCUT2D eigenvalue weighted by Gasteiger charge is 2.26. The Labute approximate surface area is 146 Å². The quantitative estimate of drug-likeness (QED) is 0.850. The van der Waals surface area contributed by atoms with E-state index in [1.54, 1.807) is 4.90 Å². The summed E-state index contributed by atoms with van der Waals surface area (Å²) in [6.45, 7) is 2.38. The minimum absolute atomic E-state index is 0.153. The Bertz CT molecular complexity index is 748. The van der Waals surface area contributed by atoms with Crippen molar-refractivity contribution in [3.8, 4) is 5.69 Å². The van der Waals surface area contributed by atoms with Gasteiger partial charge < -0.3 is 16.0 Å². The molecule has 0 saturated carbocycles. The number of nitrogens with two attached hydrogens (primary N) is 1. The summed E-state index contributed by atoms with van der Waals surface area (Å²) in [5.74, 6) is -0.166. The van der Waals surface area contributed by atoms with Crippen molar-refractivity contribution in [2.45, 2.75) is 12.8 Å². The number of piperidine rings is 1. The standard InChI is InChI=1S/C18H23N5O2/c1-20-12-13-7-9-22(10-8-13)18(25)15-11-16(17(19)24)23(21-15)14-5-3-2-4-6-14/h2-6,11,13,20H,7-10,12H2,1H3,(H2,19,24). The molecular formula is C18H23N5O2. The fraction of sp³-hybridized carbons (Fsp3) is 0.389. The Kier molecular flexibility index (Phi) is 5.14. The monoisotopic (exact) mass is 341 g/mol. The maximum Gasteiger partial charge on any atom is 0.274 e. The van der Waals surface area contributed by atoms with Gasteiger partial charge in [0.1, 0.15) is 5.69 Å². The first-order valence-corrected chi connectivity index (χ1v) is 8.49. The van der Waals surface area contributed by atoms with Crippen LogP contribution in [0.4, 0.5) is 0 Å². The highest BCUT2D eigenvalue weighted by Crippen LogP contribution is 2.19. The first kappa shape index (κ1) is 17.2. The molecule has 3 rings (SSSR count). The second-order valence-corrected chi connectivity index (χ2v) is 6.32. The first-order chi connectivity index (χ1) is 12.1. The minimum Gasteiger partial charge on any atom is -0.364 e. The third-order valence-corrected chi connectivity index (χ3v) is 4.58. The lowest BCUT2D eigenvalue weighted by atomic mass is 9.96. The molecule has 1 aliphatic heterocycles. The molecule has 1 aliphatic rings. The van der Waals surface area contributed by atoms with Crippen LogP contribution in [0.25, 0.3) is 5.69 Å². The lowest BCUT2D eigenvalue weighted by molar-refractivity contribution is 0.0684. The number of rotatable bonds is 5. The van der Waals surface area contributed by atoms with E-state index in [1.165, 1.54) is 10.7 Å². The van der Waals surface area contributed by atoms with Crippen LogP contribution in [0.15, 0.2) is 36.4 Å². The number of nitrogens with zero attached hydrogens (tertiary/aromatic N) is 3. The normalized spacial score (nSPS) is 15.3. The number of hydrogen-bond acceptors (Lipinski definition) is 4. The van der Waals surface area contributed by atoms with Gasteiger partial charge in [-0.3, -0.25) is 9.59 Å². The van der Waals surface area contributed by atoms with Crippen LogP contribution in [-0.4, -0.2) is 53.2 Å². The van der Waals surface area contributed by atoms with Gasteiger partial charge in [0.25, 0.3) is 11.8 Å². The highest BCUT2D eigenvalue weighted by atomic mass is 16.2. The van der Waals surface area contributed by atoms with Crippen LogP contribution in [-0.2, 0) is 0 Å². The molecule has 7 heteroatoms. The number of amides is 2. The average Bonchev–Trinajstić information content (AvgIpc) is 3.08. The molecule has 0 bridgehead atoms. The van der Waals surface area contributed by atoms with Crippen molar-refractivity contribution in [1.29, 1.82) is 0 Å². The molecule has 0 spiro atoms. The summed E-state index contributed by atoms with van der Waals surface area (Å²) in [4.78, 5) is 26.3. The predicted octanol–water partition coefficient (Wildman–Crippen LogP) is 1.04. The molecule has 0 unspecified atom stereocenters. The number of benzene rings is 1. The molecule has 2 aromatic rings. The largest absolute Gasteiger partial charge is 0.364 e. The summed E-state index contributed by atoms with van der Waals surface area (Å²) >= 11 is 0. The summed E-state index contributed by atoms with van der Waals surface area (Å²) in [6.07, 6.45) is 1.93. The summed E-state index contributed by atoms with van der Waals surface area (Å²) in [5, 5.41) is 7.53. The van der Waals surface area contributed by atoms with Crippen molar-refractivity contribution in [3.63, 3.8) is 0 Å². The van der Waals surface area contributed by atoms with E-state index in [-0.39, 0.29) is 17.3 Å². The number of para-hydroxylation sites is 1. The van der Waals surface area contributed by atoms with Gasteiger partial charge in [-0.25, -0.2) is 4.68 Å². The zero-order valence-corrected chi connectivity index (χ0v) is 14.3. The van der Waals surface area contributed by atoms with E-state index in [4.69, 9.17) is 5.73 Å². The van der Waals surface area contributed by atoms with Gasteiger partial charge in [-0.05, 0) is 44.5 Å². The van der Waals surface area contributed by atoms with E-state index in [2.05, 4.69) is 10.4 Å². The van der Waals surface area contributed by atoms with Crippen molar-refractivity contribution in [2.75, 3.05) is 26.7 Å².